The van der Waals surface area contributed by atoms with Crippen LogP contribution < -0.4 is 5.32 Å². The number of urea groups is 1. The van der Waals surface area contributed by atoms with Gasteiger partial charge in [0.25, 0.3) is 0 Å². The van der Waals surface area contributed by atoms with E-state index in [0.29, 0.717) is 19.8 Å². The number of rotatable bonds is 1. The molecule has 1 spiro atoms. The Morgan fingerprint density at radius 3 is 2.81 bits per heavy atom. The number of ether oxygens (including phenoxy) is 2. The maximum Gasteiger partial charge on any atom is 0.322 e. The van der Waals surface area contributed by atoms with Crippen LogP contribution in [0.15, 0.2) is 18.2 Å². The summed E-state index contributed by atoms with van der Waals surface area (Å²) < 4.78 is 11.4. The van der Waals surface area contributed by atoms with Crippen molar-refractivity contribution in [3.8, 4) is 0 Å². The fraction of sp³-hybridized carbons (Fsp3) is 0.562. The highest BCUT2D eigenvalue weighted by atomic mass is 16.7. The zero-order valence-electron chi connectivity index (χ0n) is 12.6. The molecule has 1 aromatic carbocycles. The Morgan fingerprint density at radius 2 is 2.05 bits per heavy atom. The van der Waals surface area contributed by atoms with Gasteiger partial charge in [-0.3, -0.25) is 0 Å². The van der Waals surface area contributed by atoms with Crippen molar-refractivity contribution in [1.82, 2.24) is 4.90 Å². The van der Waals surface area contributed by atoms with Crippen LogP contribution in [-0.4, -0.2) is 43.0 Å². The average molecular weight is 290 g/mol. The lowest BCUT2D eigenvalue weighted by Crippen LogP contribution is -2.52. The minimum absolute atomic E-state index is 0.0816. The van der Waals surface area contributed by atoms with E-state index in [-0.39, 0.29) is 6.03 Å². The molecule has 2 aliphatic rings. The summed E-state index contributed by atoms with van der Waals surface area (Å²) in [5, 5.41) is 3.00. The van der Waals surface area contributed by atoms with Crippen LogP contribution in [0.1, 0.15) is 24.0 Å². The van der Waals surface area contributed by atoms with Gasteiger partial charge in [-0.2, -0.15) is 0 Å². The summed E-state index contributed by atoms with van der Waals surface area (Å²) in [7, 11) is 0. The first-order chi connectivity index (χ1) is 10.1. The maximum atomic E-state index is 12.5. The van der Waals surface area contributed by atoms with E-state index < -0.39 is 5.79 Å². The molecule has 5 heteroatoms. The van der Waals surface area contributed by atoms with Crippen LogP contribution in [0.2, 0.25) is 0 Å². The number of likely N-dealkylation sites (tertiary alicyclic amines) is 1. The third kappa shape index (κ3) is 3.04. The average Bonchev–Trinajstić information content (AvgIpc) is 2.91. The number of carbonyl (C=O) groups is 1. The summed E-state index contributed by atoms with van der Waals surface area (Å²) in [6.07, 6.45) is 1.76. The lowest BCUT2D eigenvalue weighted by molar-refractivity contribution is -0.182. The molecule has 5 nitrogen and oxygen atoms in total. The fourth-order valence-corrected chi connectivity index (χ4v) is 2.96. The second-order valence-electron chi connectivity index (χ2n) is 5.88. The third-order valence-electron chi connectivity index (χ3n) is 4.15. The zero-order valence-corrected chi connectivity index (χ0v) is 12.6. The van der Waals surface area contributed by atoms with E-state index in [1.807, 2.05) is 32.0 Å². The monoisotopic (exact) mass is 290 g/mol. The van der Waals surface area contributed by atoms with Crippen molar-refractivity contribution in [2.75, 3.05) is 31.6 Å². The molecule has 2 aliphatic heterocycles. The Hall–Kier alpha value is -1.59. The minimum Gasteiger partial charge on any atom is -0.346 e. The Labute approximate surface area is 125 Å². The predicted octanol–water partition coefficient (Wildman–Crippen LogP) is 2.67. The van der Waals surface area contributed by atoms with Gasteiger partial charge in [-0.15, -0.1) is 0 Å². The fourth-order valence-electron chi connectivity index (χ4n) is 2.96. The van der Waals surface area contributed by atoms with Crippen molar-refractivity contribution in [2.24, 2.45) is 0 Å². The zero-order chi connectivity index (χ0) is 14.9. The van der Waals surface area contributed by atoms with Gasteiger partial charge in [-0.25, -0.2) is 4.79 Å². The molecule has 2 heterocycles. The number of anilines is 1. The Morgan fingerprint density at radius 1 is 1.29 bits per heavy atom. The molecular weight excluding hydrogens is 268 g/mol. The molecule has 2 fully saturated rings. The van der Waals surface area contributed by atoms with E-state index in [0.717, 1.165) is 36.2 Å². The van der Waals surface area contributed by atoms with Crippen LogP contribution in [0.25, 0.3) is 0 Å². The molecule has 0 aliphatic carbocycles. The van der Waals surface area contributed by atoms with Crippen LogP contribution in [0, 0.1) is 13.8 Å². The molecule has 1 N–H and O–H groups in total. The number of hydrogen-bond donors (Lipinski definition) is 1. The summed E-state index contributed by atoms with van der Waals surface area (Å²) in [6, 6.07) is 5.98. The molecule has 2 amide bonds. The Kier molecular flexibility index (Phi) is 3.87. The van der Waals surface area contributed by atoms with Crippen LogP contribution in [0.5, 0.6) is 0 Å². The van der Waals surface area contributed by atoms with E-state index in [2.05, 4.69) is 5.32 Å². The number of nitrogens with zero attached hydrogens (tertiary/aromatic N) is 1. The molecule has 21 heavy (non-hydrogen) atoms. The van der Waals surface area contributed by atoms with Gasteiger partial charge in [0.2, 0.25) is 0 Å². The topological polar surface area (TPSA) is 50.8 Å². The summed E-state index contributed by atoms with van der Waals surface area (Å²) in [5.41, 5.74) is 3.07. The van der Waals surface area contributed by atoms with Crippen LogP contribution in [-0.2, 0) is 9.47 Å². The third-order valence-corrected chi connectivity index (χ3v) is 4.15. The van der Waals surface area contributed by atoms with E-state index in [1.165, 1.54) is 0 Å². The van der Waals surface area contributed by atoms with Gasteiger partial charge in [-0.1, -0.05) is 12.1 Å². The molecule has 0 bridgehead atoms. The number of aryl methyl sites for hydroxylation is 2. The number of carbonyl (C=O) groups excluding carboxylic acids is 1. The molecule has 0 aromatic heterocycles. The largest absolute Gasteiger partial charge is 0.346 e. The highest BCUT2D eigenvalue weighted by Gasteiger charge is 2.42. The minimum atomic E-state index is -0.572. The van der Waals surface area contributed by atoms with E-state index >= 15 is 0 Å². The molecule has 0 saturated carbocycles. The van der Waals surface area contributed by atoms with Gasteiger partial charge >= 0.3 is 6.03 Å². The molecule has 1 aromatic rings. The SMILES string of the molecule is Cc1ccc(C)c(NC(=O)N2CCCC3(C2)OCCO3)c1. The number of amides is 2. The summed E-state index contributed by atoms with van der Waals surface area (Å²) in [6.45, 7) is 6.49. The molecular formula is C16H22N2O3. The summed E-state index contributed by atoms with van der Waals surface area (Å²) in [4.78, 5) is 14.3. The van der Waals surface area contributed by atoms with Crippen molar-refractivity contribution in [3.63, 3.8) is 0 Å². The predicted molar refractivity (Wildman–Crippen MR) is 80.4 cm³/mol. The first-order valence-corrected chi connectivity index (χ1v) is 7.49. The van der Waals surface area contributed by atoms with Gasteiger partial charge in [-0.05, 0) is 37.5 Å². The summed E-state index contributed by atoms with van der Waals surface area (Å²) in [5.74, 6) is -0.572. The van der Waals surface area contributed by atoms with E-state index in [1.54, 1.807) is 4.90 Å². The first-order valence-electron chi connectivity index (χ1n) is 7.49. The molecule has 0 radical (unpaired) electrons. The van der Waals surface area contributed by atoms with Gasteiger partial charge in [0.1, 0.15) is 0 Å². The molecule has 114 valence electrons. The molecule has 3 rings (SSSR count). The second-order valence-corrected chi connectivity index (χ2v) is 5.88. The highest BCUT2D eigenvalue weighted by molar-refractivity contribution is 5.90. The highest BCUT2D eigenvalue weighted by Crippen LogP contribution is 2.30. The van der Waals surface area contributed by atoms with E-state index in [4.69, 9.17) is 9.47 Å². The second kappa shape index (κ2) is 5.66. The number of piperidine rings is 1. The van der Waals surface area contributed by atoms with Gasteiger partial charge in [0, 0.05) is 18.7 Å². The smallest absolute Gasteiger partial charge is 0.322 e. The van der Waals surface area contributed by atoms with Crippen molar-refractivity contribution < 1.29 is 14.3 Å². The number of hydrogen-bond acceptors (Lipinski definition) is 3. The Balaban J connectivity index is 1.68. The molecule has 2 saturated heterocycles. The lowest BCUT2D eigenvalue weighted by atomic mass is 10.0. The van der Waals surface area contributed by atoms with E-state index in [9.17, 15) is 4.79 Å². The number of benzene rings is 1. The standard InChI is InChI=1S/C16H22N2O3/c1-12-4-5-13(2)14(10-12)17-15(19)18-7-3-6-16(11-18)20-8-9-21-16/h4-5,10H,3,6-9,11H2,1-2H3,(H,17,19). The first kappa shape index (κ1) is 14.4. The van der Waals surface area contributed by atoms with Crippen LogP contribution in [0.3, 0.4) is 0 Å². The normalized spacial score (nSPS) is 20.8. The van der Waals surface area contributed by atoms with Crippen LogP contribution in [0.4, 0.5) is 10.5 Å². The van der Waals surface area contributed by atoms with Crippen molar-refractivity contribution >= 4 is 11.7 Å². The van der Waals surface area contributed by atoms with Gasteiger partial charge in [0.05, 0.1) is 19.8 Å². The maximum absolute atomic E-state index is 12.5. The summed E-state index contributed by atoms with van der Waals surface area (Å²) >= 11 is 0. The lowest BCUT2D eigenvalue weighted by Gasteiger charge is -2.38. The van der Waals surface area contributed by atoms with Crippen molar-refractivity contribution in [1.29, 1.82) is 0 Å². The molecule has 0 unspecified atom stereocenters. The Bertz CT molecular complexity index is 538. The van der Waals surface area contributed by atoms with Gasteiger partial charge in [0.15, 0.2) is 5.79 Å². The quantitative estimate of drug-likeness (QED) is 0.865. The van der Waals surface area contributed by atoms with Gasteiger partial charge < -0.3 is 19.7 Å². The van der Waals surface area contributed by atoms with Crippen LogP contribution >= 0.6 is 0 Å². The number of nitrogens with one attached hydrogen (secondary N) is 1. The van der Waals surface area contributed by atoms with Crippen molar-refractivity contribution in [2.45, 2.75) is 32.5 Å². The molecule has 0 atom stereocenters. The van der Waals surface area contributed by atoms with Crippen molar-refractivity contribution in [3.05, 3.63) is 29.3 Å².